The molecule has 0 saturated carbocycles. The van der Waals surface area contributed by atoms with Crippen LogP contribution in [0.4, 0.5) is 13.2 Å². The summed E-state index contributed by atoms with van der Waals surface area (Å²) in [6, 6.07) is 3.62. The molecule has 0 unspecified atom stereocenters. The monoisotopic (exact) mass is 248 g/mol. The van der Waals surface area contributed by atoms with Crippen LogP contribution in [0.2, 0.25) is 0 Å². The van der Waals surface area contributed by atoms with Crippen molar-refractivity contribution in [3.63, 3.8) is 0 Å². The lowest BCUT2D eigenvalue weighted by atomic mass is 10.0. The standard InChI is InChI=1S/C11H11F3O3/c1-6(2)7-3-4-9(17-11(12,13)14)8(5-7)10(15)16/h3-6H,1-2H3,(H,15,16). The Hall–Kier alpha value is -1.72. The average Bonchev–Trinajstić information content (AvgIpc) is 2.14. The Morgan fingerprint density at radius 1 is 1.35 bits per heavy atom. The highest BCUT2D eigenvalue weighted by atomic mass is 19.4. The number of hydrogen-bond donors (Lipinski definition) is 1. The molecule has 0 spiro atoms. The van der Waals surface area contributed by atoms with Gasteiger partial charge in [0.05, 0.1) is 0 Å². The van der Waals surface area contributed by atoms with E-state index in [4.69, 9.17) is 5.11 Å². The maximum atomic E-state index is 12.0. The first kappa shape index (κ1) is 13.3. The fourth-order valence-electron chi connectivity index (χ4n) is 1.29. The number of carboxylic acids is 1. The Balaban J connectivity index is 3.18. The van der Waals surface area contributed by atoms with Crippen LogP contribution in [0.1, 0.15) is 35.7 Å². The number of carbonyl (C=O) groups is 1. The molecule has 1 N–H and O–H groups in total. The van der Waals surface area contributed by atoms with E-state index in [1.54, 1.807) is 0 Å². The summed E-state index contributed by atoms with van der Waals surface area (Å²) in [5.74, 6) is -2.13. The summed E-state index contributed by atoms with van der Waals surface area (Å²) in [7, 11) is 0. The van der Waals surface area contributed by atoms with Crippen molar-refractivity contribution in [3.05, 3.63) is 29.3 Å². The molecular weight excluding hydrogens is 237 g/mol. The van der Waals surface area contributed by atoms with Crippen LogP contribution in [-0.4, -0.2) is 17.4 Å². The number of aromatic carboxylic acids is 1. The van der Waals surface area contributed by atoms with Gasteiger partial charge in [0, 0.05) is 0 Å². The molecule has 17 heavy (non-hydrogen) atoms. The molecule has 0 bridgehead atoms. The van der Waals surface area contributed by atoms with Crippen LogP contribution in [0.3, 0.4) is 0 Å². The molecule has 0 aliphatic heterocycles. The van der Waals surface area contributed by atoms with E-state index in [2.05, 4.69) is 4.74 Å². The second-order valence-corrected chi connectivity index (χ2v) is 3.76. The second-order valence-electron chi connectivity index (χ2n) is 3.76. The van der Waals surface area contributed by atoms with Gasteiger partial charge in [-0.2, -0.15) is 0 Å². The zero-order chi connectivity index (χ0) is 13.2. The predicted octanol–water partition coefficient (Wildman–Crippen LogP) is 3.41. The van der Waals surface area contributed by atoms with Gasteiger partial charge in [0.2, 0.25) is 0 Å². The topological polar surface area (TPSA) is 46.5 Å². The molecule has 0 fully saturated rings. The molecule has 94 valence electrons. The fourth-order valence-corrected chi connectivity index (χ4v) is 1.29. The number of carboxylic acid groups (broad SMARTS) is 1. The van der Waals surface area contributed by atoms with E-state index in [1.165, 1.54) is 12.1 Å². The van der Waals surface area contributed by atoms with Crippen LogP contribution in [0.15, 0.2) is 18.2 Å². The quantitative estimate of drug-likeness (QED) is 0.891. The molecule has 0 atom stereocenters. The van der Waals surface area contributed by atoms with Gasteiger partial charge < -0.3 is 9.84 Å². The first-order chi connectivity index (χ1) is 7.70. The number of rotatable bonds is 3. The largest absolute Gasteiger partial charge is 0.573 e. The van der Waals surface area contributed by atoms with E-state index in [1.807, 2.05) is 13.8 Å². The molecule has 0 aliphatic rings. The average molecular weight is 248 g/mol. The van der Waals surface area contributed by atoms with Crippen LogP contribution in [-0.2, 0) is 0 Å². The van der Waals surface area contributed by atoms with Crippen molar-refractivity contribution in [2.75, 3.05) is 0 Å². The highest BCUT2D eigenvalue weighted by Crippen LogP contribution is 2.29. The molecule has 0 saturated heterocycles. The summed E-state index contributed by atoms with van der Waals surface area (Å²) in [6.45, 7) is 3.62. The van der Waals surface area contributed by atoms with Crippen molar-refractivity contribution < 1.29 is 27.8 Å². The highest BCUT2D eigenvalue weighted by molar-refractivity contribution is 5.91. The zero-order valence-electron chi connectivity index (χ0n) is 9.21. The molecule has 0 aromatic heterocycles. The maximum Gasteiger partial charge on any atom is 0.573 e. The molecule has 6 heteroatoms. The summed E-state index contributed by atoms with van der Waals surface area (Å²) in [6.07, 6.45) is -4.90. The molecule has 0 heterocycles. The van der Waals surface area contributed by atoms with Crippen molar-refractivity contribution in [2.45, 2.75) is 26.1 Å². The molecule has 1 aromatic carbocycles. The lowest BCUT2D eigenvalue weighted by Crippen LogP contribution is -2.19. The van der Waals surface area contributed by atoms with Crippen LogP contribution < -0.4 is 4.74 Å². The van der Waals surface area contributed by atoms with E-state index in [9.17, 15) is 18.0 Å². The number of halogens is 3. The van der Waals surface area contributed by atoms with E-state index < -0.39 is 23.6 Å². The van der Waals surface area contributed by atoms with Crippen LogP contribution in [0.25, 0.3) is 0 Å². The van der Waals surface area contributed by atoms with Crippen molar-refractivity contribution in [2.24, 2.45) is 0 Å². The molecule has 0 amide bonds. The SMILES string of the molecule is CC(C)c1ccc(OC(F)(F)F)c(C(=O)O)c1. The summed E-state index contributed by atoms with van der Waals surface area (Å²) >= 11 is 0. The number of benzene rings is 1. The normalized spacial score (nSPS) is 11.6. The minimum atomic E-state index is -4.90. The Morgan fingerprint density at radius 2 is 1.94 bits per heavy atom. The first-order valence-electron chi connectivity index (χ1n) is 4.83. The van der Waals surface area contributed by atoms with E-state index >= 15 is 0 Å². The van der Waals surface area contributed by atoms with E-state index in [0.29, 0.717) is 5.56 Å². The van der Waals surface area contributed by atoms with Gasteiger partial charge in [-0.25, -0.2) is 4.79 Å². The van der Waals surface area contributed by atoms with Gasteiger partial charge >= 0.3 is 12.3 Å². The summed E-state index contributed by atoms with van der Waals surface area (Å²) < 4.78 is 39.7. The summed E-state index contributed by atoms with van der Waals surface area (Å²) in [5.41, 5.74) is 0.144. The van der Waals surface area contributed by atoms with E-state index in [0.717, 1.165) is 6.07 Å². The Morgan fingerprint density at radius 3 is 2.35 bits per heavy atom. The minimum Gasteiger partial charge on any atom is -0.478 e. The van der Waals surface area contributed by atoms with Gasteiger partial charge in [-0.05, 0) is 23.6 Å². The predicted molar refractivity (Wildman–Crippen MR) is 54.2 cm³/mol. The van der Waals surface area contributed by atoms with Gasteiger partial charge in [-0.1, -0.05) is 19.9 Å². The molecule has 1 rings (SSSR count). The van der Waals surface area contributed by atoms with Gasteiger partial charge in [-0.3, -0.25) is 0 Å². The molecular formula is C11H11F3O3. The molecule has 3 nitrogen and oxygen atoms in total. The lowest BCUT2D eigenvalue weighted by Gasteiger charge is -2.13. The summed E-state index contributed by atoms with van der Waals surface area (Å²) in [5, 5.41) is 8.82. The Bertz CT molecular complexity index is 424. The third-order valence-corrected chi connectivity index (χ3v) is 2.13. The maximum absolute atomic E-state index is 12.0. The van der Waals surface area contributed by atoms with Crippen LogP contribution in [0.5, 0.6) is 5.75 Å². The van der Waals surface area contributed by atoms with Gasteiger partial charge in [0.25, 0.3) is 0 Å². The lowest BCUT2D eigenvalue weighted by molar-refractivity contribution is -0.274. The number of alkyl halides is 3. The van der Waals surface area contributed by atoms with Crippen molar-refractivity contribution in [1.29, 1.82) is 0 Å². The minimum absolute atomic E-state index is 0.0213. The molecule has 0 radical (unpaired) electrons. The van der Waals surface area contributed by atoms with Crippen molar-refractivity contribution >= 4 is 5.97 Å². The Labute approximate surface area is 95.8 Å². The smallest absolute Gasteiger partial charge is 0.478 e. The zero-order valence-corrected chi connectivity index (χ0v) is 9.21. The van der Waals surface area contributed by atoms with Crippen molar-refractivity contribution in [3.8, 4) is 5.75 Å². The van der Waals surface area contributed by atoms with Crippen LogP contribution >= 0.6 is 0 Å². The van der Waals surface area contributed by atoms with Crippen LogP contribution in [0, 0.1) is 0 Å². The van der Waals surface area contributed by atoms with Gasteiger partial charge in [0.1, 0.15) is 11.3 Å². The number of hydrogen-bond acceptors (Lipinski definition) is 2. The first-order valence-corrected chi connectivity index (χ1v) is 4.83. The van der Waals surface area contributed by atoms with E-state index in [-0.39, 0.29) is 5.92 Å². The third-order valence-electron chi connectivity index (χ3n) is 2.13. The fraction of sp³-hybridized carbons (Fsp3) is 0.364. The number of ether oxygens (including phenoxy) is 1. The Kier molecular flexibility index (Phi) is 3.65. The molecule has 0 aliphatic carbocycles. The van der Waals surface area contributed by atoms with Crippen molar-refractivity contribution in [1.82, 2.24) is 0 Å². The van der Waals surface area contributed by atoms with Gasteiger partial charge in [-0.15, -0.1) is 13.2 Å². The molecule has 1 aromatic rings. The summed E-state index contributed by atoms with van der Waals surface area (Å²) in [4.78, 5) is 10.8. The second kappa shape index (κ2) is 4.65. The van der Waals surface area contributed by atoms with Gasteiger partial charge in [0.15, 0.2) is 0 Å². The highest BCUT2D eigenvalue weighted by Gasteiger charge is 2.33. The third kappa shape index (κ3) is 3.65.